The van der Waals surface area contributed by atoms with Crippen molar-refractivity contribution in [3.05, 3.63) is 24.2 Å². The molecule has 0 fully saturated rings. The van der Waals surface area contributed by atoms with Crippen molar-refractivity contribution in [3.63, 3.8) is 0 Å². The predicted molar refractivity (Wildman–Crippen MR) is 69.6 cm³/mol. The van der Waals surface area contributed by atoms with Crippen LogP contribution in [-0.4, -0.2) is 19.6 Å². The molecule has 0 spiro atoms. The first-order valence-electron chi connectivity index (χ1n) is 5.77. The summed E-state index contributed by atoms with van der Waals surface area (Å²) < 4.78 is 5.22. The zero-order valence-corrected chi connectivity index (χ0v) is 10.2. The zero-order valence-electron chi connectivity index (χ0n) is 10.2. The Morgan fingerprint density at radius 1 is 1.47 bits per heavy atom. The Morgan fingerprint density at radius 3 is 3.00 bits per heavy atom. The third kappa shape index (κ3) is 5.67. The molecule has 0 saturated carbocycles. The average Bonchev–Trinajstić information content (AvgIpc) is 2.86. The Morgan fingerprint density at radius 2 is 2.35 bits per heavy atom. The highest BCUT2D eigenvalue weighted by atomic mass is 16.3. The van der Waals surface area contributed by atoms with E-state index < -0.39 is 0 Å². The summed E-state index contributed by atoms with van der Waals surface area (Å²) in [6.45, 7) is 1.51. The summed E-state index contributed by atoms with van der Waals surface area (Å²) in [6, 6.07) is 3.79. The zero-order chi connectivity index (χ0) is 12.3. The third-order valence-electron chi connectivity index (χ3n) is 2.27. The van der Waals surface area contributed by atoms with E-state index in [1.807, 2.05) is 12.1 Å². The van der Waals surface area contributed by atoms with Crippen LogP contribution < -0.4 is 10.6 Å². The number of unbranched alkanes of at least 4 members (excludes halogenated alkanes) is 2. The molecule has 4 nitrogen and oxygen atoms in total. The molecule has 0 amide bonds. The van der Waals surface area contributed by atoms with Crippen molar-refractivity contribution >= 4 is 5.96 Å². The number of rotatable bonds is 6. The van der Waals surface area contributed by atoms with E-state index >= 15 is 0 Å². The fraction of sp³-hybridized carbons (Fsp3) is 0.462. The molecule has 0 saturated heterocycles. The smallest absolute Gasteiger partial charge is 0.191 e. The molecule has 0 atom stereocenters. The standard InChI is InChI=1S/C13H19N3O/c1-3-4-5-6-9-15-13(14-2)16-11-12-8-7-10-17-12/h1,7-8,10H,4-6,9,11H2,2H3,(H2,14,15,16). The van der Waals surface area contributed by atoms with Crippen molar-refractivity contribution in [3.8, 4) is 12.3 Å². The lowest BCUT2D eigenvalue weighted by molar-refractivity contribution is 0.501. The van der Waals surface area contributed by atoms with Gasteiger partial charge in [-0.05, 0) is 25.0 Å². The number of hydrogen-bond donors (Lipinski definition) is 2. The molecular weight excluding hydrogens is 214 g/mol. The summed E-state index contributed by atoms with van der Waals surface area (Å²) in [5.74, 6) is 4.30. The van der Waals surface area contributed by atoms with E-state index in [2.05, 4.69) is 21.5 Å². The fourth-order valence-corrected chi connectivity index (χ4v) is 1.36. The second-order valence-electron chi connectivity index (χ2n) is 3.59. The molecule has 1 aromatic rings. The van der Waals surface area contributed by atoms with Gasteiger partial charge < -0.3 is 15.1 Å². The van der Waals surface area contributed by atoms with Crippen molar-refractivity contribution in [2.45, 2.75) is 25.8 Å². The van der Waals surface area contributed by atoms with Gasteiger partial charge in [0, 0.05) is 20.0 Å². The van der Waals surface area contributed by atoms with Crippen molar-refractivity contribution in [2.24, 2.45) is 4.99 Å². The molecule has 4 heteroatoms. The Hall–Kier alpha value is -1.89. The molecular formula is C13H19N3O. The molecule has 0 aromatic carbocycles. The molecule has 0 bridgehead atoms. The van der Waals surface area contributed by atoms with Gasteiger partial charge in [0.05, 0.1) is 12.8 Å². The molecule has 0 unspecified atom stereocenters. The van der Waals surface area contributed by atoms with Gasteiger partial charge in [-0.1, -0.05) is 0 Å². The lowest BCUT2D eigenvalue weighted by atomic mass is 10.2. The lowest BCUT2D eigenvalue weighted by Crippen LogP contribution is -2.37. The molecule has 0 aliphatic carbocycles. The molecule has 17 heavy (non-hydrogen) atoms. The van der Waals surface area contributed by atoms with Crippen LogP contribution in [0.1, 0.15) is 25.0 Å². The van der Waals surface area contributed by atoms with Gasteiger partial charge in [0.2, 0.25) is 0 Å². The summed E-state index contributed by atoms with van der Waals surface area (Å²) in [4.78, 5) is 4.12. The Labute approximate surface area is 103 Å². The molecule has 1 heterocycles. The van der Waals surface area contributed by atoms with Crippen molar-refractivity contribution in [1.29, 1.82) is 0 Å². The summed E-state index contributed by atoms with van der Waals surface area (Å²) >= 11 is 0. The van der Waals surface area contributed by atoms with Gasteiger partial charge in [-0.15, -0.1) is 12.3 Å². The first-order valence-corrected chi connectivity index (χ1v) is 5.77. The lowest BCUT2D eigenvalue weighted by Gasteiger charge is -2.10. The van der Waals surface area contributed by atoms with Gasteiger partial charge in [-0.25, -0.2) is 0 Å². The number of nitrogens with one attached hydrogen (secondary N) is 2. The largest absolute Gasteiger partial charge is 0.467 e. The molecule has 1 rings (SSSR count). The summed E-state index contributed by atoms with van der Waals surface area (Å²) in [6.07, 6.45) is 9.76. The number of nitrogens with zero attached hydrogens (tertiary/aromatic N) is 1. The number of furan rings is 1. The van der Waals surface area contributed by atoms with Crippen molar-refractivity contribution < 1.29 is 4.42 Å². The van der Waals surface area contributed by atoms with E-state index in [0.29, 0.717) is 6.54 Å². The van der Waals surface area contributed by atoms with Crippen LogP contribution in [0.2, 0.25) is 0 Å². The van der Waals surface area contributed by atoms with E-state index in [1.54, 1.807) is 13.3 Å². The van der Waals surface area contributed by atoms with Crippen molar-refractivity contribution in [1.82, 2.24) is 10.6 Å². The Kier molecular flexibility index (Phi) is 6.42. The van der Waals surface area contributed by atoms with Gasteiger partial charge in [0.25, 0.3) is 0 Å². The van der Waals surface area contributed by atoms with Crippen LogP contribution in [0.25, 0.3) is 0 Å². The molecule has 1 aromatic heterocycles. The second kappa shape index (κ2) is 8.28. The van der Waals surface area contributed by atoms with E-state index in [1.165, 1.54) is 0 Å². The maximum atomic E-state index is 5.22. The van der Waals surface area contributed by atoms with Crippen LogP contribution in [0.4, 0.5) is 0 Å². The molecule has 0 aliphatic heterocycles. The van der Waals surface area contributed by atoms with E-state index in [0.717, 1.165) is 37.5 Å². The minimum Gasteiger partial charge on any atom is -0.467 e. The van der Waals surface area contributed by atoms with Crippen LogP contribution in [0.3, 0.4) is 0 Å². The summed E-state index contributed by atoms with van der Waals surface area (Å²) in [7, 11) is 1.75. The summed E-state index contributed by atoms with van der Waals surface area (Å²) in [5, 5.41) is 6.39. The number of guanidine groups is 1. The molecule has 0 radical (unpaired) electrons. The quantitative estimate of drug-likeness (QED) is 0.340. The van der Waals surface area contributed by atoms with E-state index in [-0.39, 0.29) is 0 Å². The Bertz CT molecular complexity index is 363. The van der Waals surface area contributed by atoms with Gasteiger partial charge in [-0.2, -0.15) is 0 Å². The van der Waals surface area contributed by atoms with Crippen LogP contribution >= 0.6 is 0 Å². The van der Waals surface area contributed by atoms with E-state index in [4.69, 9.17) is 10.8 Å². The number of aliphatic imine (C=N–C) groups is 1. The van der Waals surface area contributed by atoms with E-state index in [9.17, 15) is 0 Å². The second-order valence-corrected chi connectivity index (χ2v) is 3.59. The highest BCUT2D eigenvalue weighted by Crippen LogP contribution is 1.98. The number of hydrogen-bond acceptors (Lipinski definition) is 2. The fourth-order valence-electron chi connectivity index (χ4n) is 1.36. The van der Waals surface area contributed by atoms with Crippen LogP contribution in [0.15, 0.2) is 27.8 Å². The monoisotopic (exact) mass is 233 g/mol. The first-order chi connectivity index (χ1) is 8.36. The van der Waals surface area contributed by atoms with Crippen LogP contribution in [0.5, 0.6) is 0 Å². The SMILES string of the molecule is C#CCCCCNC(=NC)NCc1ccco1. The van der Waals surface area contributed by atoms with Crippen LogP contribution in [-0.2, 0) is 6.54 Å². The number of terminal acetylenes is 1. The topological polar surface area (TPSA) is 49.6 Å². The average molecular weight is 233 g/mol. The first kappa shape index (κ1) is 13.2. The van der Waals surface area contributed by atoms with Crippen LogP contribution in [0, 0.1) is 12.3 Å². The molecule has 2 N–H and O–H groups in total. The maximum absolute atomic E-state index is 5.22. The third-order valence-corrected chi connectivity index (χ3v) is 2.27. The minimum absolute atomic E-state index is 0.636. The van der Waals surface area contributed by atoms with Gasteiger partial charge >= 0.3 is 0 Å². The normalized spacial score (nSPS) is 10.9. The highest BCUT2D eigenvalue weighted by molar-refractivity contribution is 5.79. The highest BCUT2D eigenvalue weighted by Gasteiger charge is 1.98. The van der Waals surface area contributed by atoms with Crippen molar-refractivity contribution in [2.75, 3.05) is 13.6 Å². The van der Waals surface area contributed by atoms with Gasteiger partial charge in [0.1, 0.15) is 5.76 Å². The minimum atomic E-state index is 0.636. The maximum Gasteiger partial charge on any atom is 0.191 e. The predicted octanol–water partition coefficient (Wildman–Crippen LogP) is 1.75. The Balaban J connectivity index is 2.14. The van der Waals surface area contributed by atoms with Gasteiger partial charge in [0.15, 0.2) is 5.96 Å². The van der Waals surface area contributed by atoms with Gasteiger partial charge in [-0.3, -0.25) is 4.99 Å². The summed E-state index contributed by atoms with van der Waals surface area (Å²) in [5.41, 5.74) is 0. The molecule has 92 valence electrons. The molecule has 0 aliphatic rings.